The Bertz CT molecular complexity index is 386. The van der Waals surface area contributed by atoms with Crippen molar-refractivity contribution >= 4 is 5.97 Å². The van der Waals surface area contributed by atoms with E-state index in [2.05, 4.69) is 5.10 Å². The van der Waals surface area contributed by atoms with Crippen LogP contribution in [0.3, 0.4) is 0 Å². The first-order valence-electron chi connectivity index (χ1n) is 4.30. The molecule has 0 saturated heterocycles. The zero-order valence-corrected chi connectivity index (χ0v) is 8.03. The highest BCUT2D eigenvalue weighted by Gasteiger charge is 2.37. The molecule has 0 aliphatic heterocycles. The molecule has 0 aromatic carbocycles. The normalized spacial score (nSPS) is 11.8. The van der Waals surface area contributed by atoms with E-state index in [1.54, 1.807) is 0 Å². The molecule has 0 fully saturated rings. The summed E-state index contributed by atoms with van der Waals surface area (Å²) in [5, 5.41) is 20.2. The highest BCUT2D eigenvalue weighted by atomic mass is 19.4. The number of hydrogen-bond donors (Lipinski definition) is 2. The average molecular weight is 238 g/mol. The van der Waals surface area contributed by atoms with Gasteiger partial charge in [-0.1, -0.05) is 0 Å². The number of aliphatic hydroxyl groups is 1. The quantitative estimate of drug-likeness (QED) is 0.801. The maximum absolute atomic E-state index is 12.4. The monoisotopic (exact) mass is 238 g/mol. The van der Waals surface area contributed by atoms with Gasteiger partial charge in [0, 0.05) is 11.8 Å². The second-order valence-electron chi connectivity index (χ2n) is 3.06. The minimum Gasteiger partial charge on any atom is -0.481 e. The summed E-state index contributed by atoms with van der Waals surface area (Å²) in [7, 11) is 0. The van der Waals surface area contributed by atoms with Crippen LogP contribution in [0.1, 0.15) is 11.3 Å². The average Bonchev–Trinajstić information content (AvgIpc) is 2.46. The molecule has 0 spiro atoms. The van der Waals surface area contributed by atoms with Gasteiger partial charge in [0.2, 0.25) is 0 Å². The Hall–Kier alpha value is -1.57. The van der Waals surface area contributed by atoms with Crippen LogP contribution in [-0.4, -0.2) is 32.6 Å². The molecule has 8 heteroatoms. The predicted octanol–water partition coefficient (Wildman–Crippen LogP) is 0.521. The maximum Gasteiger partial charge on any atom is 0.435 e. The third-order valence-corrected chi connectivity index (χ3v) is 1.78. The van der Waals surface area contributed by atoms with Crippen molar-refractivity contribution in [3.8, 4) is 0 Å². The fraction of sp³-hybridized carbons (Fsp3) is 0.500. The molecule has 1 heterocycles. The lowest BCUT2D eigenvalue weighted by Crippen LogP contribution is -2.12. The maximum atomic E-state index is 12.4. The van der Waals surface area contributed by atoms with Crippen molar-refractivity contribution in [3.63, 3.8) is 0 Å². The largest absolute Gasteiger partial charge is 0.481 e. The molecule has 0 aliphatic carbocycles. The summed E-state index contributed by atoms with van der Waals surface area (Å²) in [5.74, 6) is -1.37. The lowest BCUT2D eigenvalue weighted by atomic mass is 10.2. The zero-order valence-electron chi connectivity index (χ0n) is 8.03. The molecule has 16 heavy (non-hydrogen) atoms. The fourth-order valence-corrected chi connectivity index (χ4v) is 1.21. The van der Waals surface area contributed by atoms with E-state index in [0.29, 0.717) is 0 Å². The molecule has 0 atom stereocenters. The number of aliphatic hydroxyl groups excluding tert-OH is 1. The molecule has 2 N–H and O–H groups in total. The molecule has 0 saturated carbocycles. The van der Waals surface area contributed by atoms with Crippen LogP contribution in [0.4, 0.5) is 13.2 Å². The number of halogens is 3. The molecule has 1 aromatic rings. The summed E-state index contributed by atoms with van der Waals surface area (Å²) in [4.78, 5) is 10.4. The zero-order chi connectivity index (χ0) is 12.3. The summed E-state index contributed by atoms with van der Waals surface area (Å²) in [6.45, 7) is -0.478. The smallest absolute Gasteiger partial charge is 0.435 e. The summed E-state index contributed by atoms with van der Waals surface area (Å²) < 4.78 is 38.1. The third kappa shape index (κ3) is 2.96. The molecule has 0 aliphatic rings. The van der Waals surface area contributed by atoms with Crippen molar-refractivity contribution in [3.05, 3.63) is 17.5 Å². The molecule has 1 aromatic heterocycles. The Kier molecular flexibility index (Phi) is 3.53. The number of aliphatic carboxylic acids is 1. The number of hydrogen-bond acceptors (Lipinski definition) is 3. The number of carboxylic acids is 1. The van der Waals surface area contributed by atoms with Gasteiger partial charge in [0.05, 0.1) is 19.6 Å². The summed E-state index contributed by atoms with van der Waals surface area (Å²) in [6.07, 6.45) is -4.46. The van der Waals surface area contributed by atoms with Crippen molar-refractivity contribution < 1.29 is 28.2 Å². The molecule has 0 radical (unpaired) electrons. The van der Waals surface area contributed by atoms with Crippen LogP contribution >= 0.6 is 0 Å². The first kappa shape index (κ1) is 12.5. The summed E-state index contributed by atoms with van der Waals surface area (Å²) in [6, 6.07) is 0. The van der Waals surface area contributed by atoms with Crippen LogP contribution in [0.15, 0.2) is 6.20 Å². The van der Waals surface area contributed by atoms with Gasteiger partial charge in [-0.15, -0.1) is 0 Å². The Balaban J connectivity index is 3.07. The van der Waals surface area contributed by atoms with Crippen LogP contribution in [-0.2, 0) is 23.9 Å². The number of aromatic nitrogens is 2. The van der Waals surface area contributed by atoms with Crippen molar-refractivity contribution in [2.75, 3.05) is 6.61 Å². The van der Waals surface area contributed by atoms with Crippen LogP contribution in [0, 0.1) is 0 Å². The Morgan fingerprint density at radius 1 is 1.50 bits per heavy atom. The minimum absolute atomic E-state index is 0.108. The van der Waals surface area contributed by atoms with Gasteiger partial charge in [0.1, 0.15) is 0 Å². The predicted molar refractivity (Wildman–Crippen MR) is 45.7 cm³/mol. The molecule has 90 valence electrons. The van der Waals surface area contributed by atoms with Gasteiger partial charge in [-0.3, -0.25) is 9.48 Å². The highest BCUT2D eigenvalue weighted by molar-refractivity contribution is 5.70. The summed E-state index contributed by atoms with van der Waals surface area (Å²) in [5.41, 5.74) is -1.63. The molecule has 0 bridgehead atoms. The molecule has 0 unspecified atom stereocenters. The SMILES string of the molecule is O=C(O)Cc1cn(CCO)nc1C(F)(F)F. The van der Waals surface area contributed by atoms with E-state index >= 15 is 0 Å². The van der Waals surface area contributed by atoms with Gasteiger partial charge in [0.15, 0.2) is 5.69 Å². The van der Waals surface area contributed by atoms with E-state index < -0.39 is 29.8 Å². The molecular weight excluding hydrogens is 229 g/mol. The van der Waals surface area contributed by atoms with Crippen LogP contribution in [0.5, 0.6) is 0 Å². The topological polar surface area (TPSA) is 75.3 Å². The lowest BCUT2D eigenvalue weighted by molar-refractivity contribution is -0.142. The second kappa shape index (κ2) is 4.52. The van der Waals surface area contributed by atoms with E-state index in [1.807, 2.05) is 0 Å². The lowest BCUT2D eigenvalue weighted by Gasteiger charge is -2.03. The van der Waals surface area contributed by atoms with Gasteiger partial charge < -0.3 is 10.2 Å². The first-order chi connectivity index (χ1) is 7.34. The third-order valence-electron chi connectivity index (χ3n) is 1.78. The number of carbonyl (C=O) groups is 1. The molecule has 5 nitrogen and oxygen atoms in total. The van der Waals surface area contributed by atoms with Crippen molar-refractivity contribution in [2.24, 2.45) is 0 Å². The van der Waals surface area contributed by atoms with Gasteiger partial charge >= 0.3 is 12.1 Å². The van der Waals surface area contributed by atoms with E-state index in [0.717, 1.165) is 10.9 Å². The number of carboxylic acid groups (broad SMARTS) is 1. The summed E-state index contributed by atoms with van der Waals surface area (Å²) >= 11 is 0. The van der Waals surface area contributed by atoms with Crippen molar-refractivity contribution in [2.45, 2.75) is 19.1 Å². The first-order valence-corrected chi connectivity index (χ1v) is 4.30. The second-order valence-corrected chi connectivity index (χ2v) is 3.06. The van der Waals surface area contributed by atoms with Gasteiger partial charge in [-0.2, -0.15) is 18.3 Å². The van der Waals surface area contributed by atoms with E-state index in [4.69, 9.17) is 10.2 Å². The van der Waals surface area contributed by atoms with E-state index in [1.165, 1.54) is 0 Å². The van der Waals surface area contributed by atoms with E-state index in [9.17, 15) is 18.0 Å². The molecular formula is C8H9F3N2O3. The fourth-order valence-electron chi connectivity index (χ4n) is 1.21. The van der Waals surface area contributed by atoms with Gasteiger partial charge in [-0.05, 0) is 0 Å². The van der Waals surface area contributed by atoms with E-state index in [-0.39, 0.29) is 13.2 Å². The van der Waals surface area contributed by atoms with Crippen molar-refractivity contribution in [1.29, 1.82) is 0 Å². The van der Waals surface area contributed by atoms with Crippen LogP contribution in [0.2, 0.25) is 0 Å². The Labute approximate surface area is 88.1 Å². The Morgan fingerprint density at radius 3 is 2.56 bits per heavy atom. The highest BCUT2D eigenvalue weighted by Crippen LogP contribution is 2.30. The Morgan fingerprint density at radius 2 is 2.12 bits per heavy atom. The van der Waals surface area contributed by atoms with Gasteiger partial charge in [-0.25, -0.2) is 0 Å². The molecule has 0 amide bonds. The minimum atomic E-state index is -4.69. The van der Waals surface area contributed by atoms with Crippen molar-refractivity contribution in [1.82, 2.24) is 9.78 Å². The van der Waals surface area contributed by atoms with Gasteiger partial charge in [0.25, 0.3) is 0 Å². The standard InChI is InChI=1S/C8H9F3N2O3/c9-8(10,11)7-5(3-6(15)16)4-13(12-7)1-2-14/h4,14H,1-3H2,(H,15,16). The number of nitrogens with zero attached hydrogens (tertiary/aromatic N) is 2. The van der Waals surface area contributed by atoms with Crippen LogP contribution < -0.4 is 0 Å². The number of alkyl halides is 3. The molecule has 1 rings (SSSR count). The van der Waals surface area contributed by atoms with Crippen LogP contribution in [0.25, 0.3) is 0 Å². The number of rotatable bonds is 4.